The Morgan fingerprint density at radius 2 is 1.25 bits per heavy atom. The van der Waals surface area contributed by atoms with Crippen molar-refractivity contribution in [3.8, 4) is 11.1 Å². The van der Waals surface area contributed by atoms with Gasteiger partial charge in [0.1, 0.15) is 6.29 Å². The lowest BCUT2D eigenvalue weighted by molar-refractivity contribution is -0.135. The van der Waals surface area contributed by atoms with Crippen LogP contribution in [0.5, 0.6) is 0 Å². The van der Waals surface area contributed by atoms with E-state index in [-0.39, 0.29) is 6.54 Å². The van der Waals surface area contributed by atoms with E-state index in [2.05, 4.69) is 30.0 Å². The van der Waals surface area contributed by atoms with Gasteiger partial charge in [0.2, 0.25) is 0 Å². The second kappa shape index (κ2) is 13.9. The average molecular weight is 378 g/mol. The Kier molecular flexibility index (Phi) is 11.3. The van der Waals surface area contributed by atoms with E-state index in [1.165, 1.54) is 11.1 Å². The fourth-order valence-electron chi connectivity index (χ4n) is 2.20. The summed E-state index contributed by atoms with van der Waals surface area (Å²) in [6, 6.07) is 27.9. The second-order valence-corrected chi connectivity index (χ2v) is 5.73. The summed E-state index contributed by atoms with van der Waals surface area (Å²) in [5, 5.41) is 7.60. The summed E-state index contributed by atoms with van der Waals surface area (Å²) in [4.78, 5) is 19.7. The van der Waals surface area contributed by atoms with Gasteiger partial charge < -0.3 is 16.6 Å². The Labute approximate surface area is 165 Å². The molecule has 0 bridgehead atoms. The van der Waals surface area contributed by atoms with Crippen LogP contribution in [0.1, 0.15) is 15.9 Å². The number of carbonyl (C=O) groups is 2. The normalized spacial score (nSPS) is 9.21. The van der Waals surface area contributed by atoms with Crippen LogP contribution in [0.2, 0.25) is 0 Å². The van der Waals surface area contributed by atoms with Gasteiger partial charge in [-0.05, 0) is 29.7 Å². The summed E-state index contributed by atoms with van der Waals surface area (Å²) in [5.74, 6) is -0.968. The van der Waals surface area contributed by atoms with Crippen molar-refractivity contribution in [2.45, 2.75) is 6.42 Å². The van der Waals surface area contributed by atoms with Gasteiger partial charge >= 0.3 is 5.97 Å². The van der Waals surface area contributed by atoms with Gasteiger partial charge in [-0.2, -0.15) is 0 Å². The van der Waals surface area contributed by atoms with Gasteiger partial charge in [0, 0.05) is 5.56 Å². The highest BCUT2D eigenvalue weighted by Gasteiger charge is 1.95. The highest BCUT2D eigenvalue weighted by atomic mass is 16.4. The zero-order valence-electron chi connectivity index (χ0n) is 15.7. The fourth-order valence-corrected chi connectivity index (χ4v) is 2.20. The molecule has 5 nitrogen and oxygen atoms in total. The molecular weight excluding hydrogens is 352 g/mol. The van der Waals surface area contributed by atoms with Gasteiger partial charge in [0.25, 0.3) is 0 Å². The number of nitrogens with two attached hydrogens (primary N) is 2. The minimum absolute atomic E-state index is 0.278. The lowest BCUT2D eigenvalue weighted by Crippen LogP contribution is -2.10. The van der Waals surface area contributed by atoms with Crippen LogP contribution in [0.15, 0.2) is 84.9 Å². The summed E-state index contributed by atoms with van der Waals surface area (Å²) in [5.41, 5.74) is 14.3. The number of hydrogen-bond acceptors (Lipinski definition) is 4. The van der Waals surface area contributed by atoms with Crippen molar-refractivity contribution in [1.29, 1.82) is 0 Å². The van der Waals surface area contributed by atoms with Crippen molar-refractivity contribution in [2.75, 3.05) is 13.1 Å². The molecule has 0 unspecified atom stereocenters. The largest absolute Gasteiger partial charge is 0.480 e. The van der Waals surface area contributed by atoms with Crippen molar-refractivity contribution < 1.29 is 14.7 Å². The van der Waals surface area contributed by atoms with E-state index in [0.29, 0.717) is 5.56 Å². The predicted octanol–water partition coefficient (Wildman–Crippen LogP) is 3.38. The Morgan fingerprint density at radius 1 is 0.786 bits per heavy atom. The smallest absolute Gasteiger partial charge is 0.317 e. The molecule has 0 radical (unpaired) electrons. The van der Waals surface area contributed by atoms with E-state index in [9.17, 15) is 9.59 Å². The maximum Gasteiger partial charge on any atom is 0.317 e. The SMILES string of the molecule is NCC(=O)O.NCCc1ccccc1.O=Cc1ccc(-c2ccccc2)cc1. The third kappa shape index (κ3) is 9.43. The van der Waals surface area contributed by atoms with Crippen molar-refractivity contribution in [2.24, 2.45) is 11.5 Å². The molecule has 0 aliphatic carbocycles. The first-order valence-corrected chi connectivity index (χ1v) is 8.87. The number of carboxylic acids is 1. The molecule has 0 heterocycles. The van der Waals surface area contributed by atoms with Gasteiger partial charge in [-0.15, -0.1) is 0 Å². The van der Waals surface area contributed by atoms with Crippen LogP contribution in [0, 0.1) is 0 Å². The second-order valence-electron chi connectivity index (χ2n) is 5.73. The highest BCUT2D eigenvalue weighted by Crippen LogP contribution is 2.18. The molecule has 0 aromatic heterocycles. The zero-order chi connectivity index (χ0) is 20.6. The molecule has 0 aliphatic heterocycles. The van der Waals surface area contributed by atoms with Gasteiger partial charge in [-0.1, -0.05) is 84.9 Å². The van der Waals surface area contributed by atoms with Crippen LogP contribution < -0.4 is 11.5 Å². The lowest BCUT2D eigenvalue weighted by Gasteiger charge is -2.00. The van der Waals surface area contributed by atoms with Crippen LogP contribution >= 0.6 is 0 Å². The molecule has 3 aromatic rings. The van der Waals surface area contributed by atoms with E-state index >= 15 is 0 Å². The lowest BCUT2D eigenvalue weighted by atomic mass is 10.0. The minimum Gasteiger partial charge on any atom is -0.480 e. The molecule has 5 N–H and O–H groups in total. The Balaban J connectivity index is 0.000000241. The number of carbonyl (C=O) groups excluding carboxylic acids is 1. The molecule has 3 rings (SSSR count). The molecule has 0 atom stereocenters. The maximum absolute atomic E-state index is 10.5. The third-order valence-corrected chi connectivity index (χ3v) is 3.60. The zero-order valence-corrected chi connectivity index (χ0v) is 15.7. The summed E-state index contributed by atoms with van der Waals surface area (Å²) in [6.45, 7) is 0.462. The molecule has 0 saturated heterocycles. The number of hydrogen-bond donors (Lipinski definition) is 3. The first-order valence-electron chi connectivity index (χ1n) is 8.87. The number of aliphatic carboxylic acids is 1. The van der Waals surface area contributed by atoms with E-state index in [4.69, 9.17) is 10.8 Å². The summed E-state index contributed by atoms with van der Waals surface area (Å²) >= 11 is 0. The maximum atomic E-state index is 10.5. The molecule has 0 aliphatic rings. The van der Waals surface area contributed by atoms with E-state index in [1.807, 2.05) is 60.7 Å². The standard InChI is InChI=1S/C13H10O.C8H11N.C2H5NO2/c14-10-11-6-8-13(9-7-11)12-4-2-1-3-5-12;9-7-6-8-4-2-1-3-5-8;3-1-2(4)5/h1-10H;1-5H,6-7,9H2;1,3H2,(H,4,5). The monoisotopic (exact) mass is 378 g/mol. The van der Waals surface area contributed by atoms with E-state index < -0.39 is 5.97 Å². The number of benzene rings is 3. The molecule has 3 aromatic carbocycles. The summed E-state index contributed by atoms with van der Waals surface area (Å²) in [7, 11) is 0. The Bertz CT molecular complexity index is 804. The van der Waals surface area contributed by atoms with Crippen molar-refractivity contribution in [1.82, 2.24) is 0 Å². The molecule has 0 fully saturated rings. The first-order chi connectivity index (χ1) is 13.6. The van der Waals surface area contributed by atoms with Crippen LogP contribution in [0.25, 0.3) is 11.1 Å². The summed E-state index contributed by atoms with van der Waals surface area (Å²) in [6.07, 6.45) is 1.84. The fraction of sp³-hybridized carbons (Fsp3) is 0.130. The summed E-state index contributed by atoms with van der Waals surface area (Å²) < 4.78 is 0. The molecule has 0 saturated carbocycles. The molecular formula is C23H26N2O3. The van der Waals surface area contributed by atoms with Crippen molar-refractivity contribution in [3.05, 3.63) is 96.1 Å². The Morgan fingerprint density at radius 3 is 1.68 bits per heavy atom. The van der Waals surface area contributed by atoms with Crippen molar-refractivity contribution >= 4 is 12.3 Å². The van der Waals surface area contributed by atoms with Crippen molar-refractivity contribution in [3.63, 3.8) is 0 Å². The first kappa shape index (κ1) is 22.8. The van der Waals surface area contributed by atoms with Gasteiger partial charge in [-0.3, -0.25) is 9.59 Å². The average Bonchev–Trinajstić information content (AvgIpc) is 2.76. The molecule has 0 amide bonds. The number of carboxylic acid groups (broad SMARTS) is 1. The predicted molar refractivity (Wildman–Crippen MR) is 113 cm³/mol. The molecule has 146 valence electrons. The van der Waals surface area contributed by atoms with Gasteiger partial charge in [0.05, 0.1) is 6.54 Å². The molecule has 28 heavy (non-hydrogen) atoms. The van der Waals surface area contributed by atoms with Crippen LogP contribution in [0.3, 0.4) is 0 Å². The van der Waals surface area contributed by atoms with Crippen LogP contribution in [-0.2, 0) is 11.2 Å². The van der Waals surface area contributed by atoms with Crippen LogP contribution in [0.4, 0.5) is 0 Å². The van der Waals surface area contributed by atoms with E-state index in [1.54, 1.807) is 0 Å². The number of rotatable bonds is 5. The highest BCUT2D eigenvalue weighted by molar-refractivity contribution is 5.76. The quantitative estimate of drug-likeness (QED) is 0.590. The molecule has 5 heteroatoms. The van der Waals surface area contributed by atoms with Crippen LogP contribution in [-0.4, -0.2) is 30.5 Å². The third-order valence-electron chi connectivity index (χ3n) is 3.60. The minimum atomic E-state index is -0.968. The Hall–Kier alpha value is -3.28. The van der Waals surface area contributed by atoms with E-state index in [0.717, 1.165) is 24.8 Å². The number of aldehydes is 1. The molecule has 0 spiro atoms. The topological polar surface area (TPSA) is 106 Å². The van der Waals surface area contributed by atoms with Gasteiger partial charge in [-0.25, -0.2) is 0 Å². The van der Waals surface area contributed by atoms with Gasteiger partial charge in [0.15, 0.2) is 0 Å².